The summed E-state index contributed by atoms with van der Waals surface area (Å²) in [6.45, 7) is 6.16. The third-order valence-corrected chi connectivity index (χ3v) is 24.9. The zero-order valence-corrected chi connectivity index (χ0v) is 52.4. The molecular formula is C61H42N4O3S12. The van der Waals surface area contributed by atoms with Gasteiger partial charge in [0.25, 0.3) is 17.7 Å². The van der Waals surface area contributed by atoms with E-state index in [0.717, 1.165) is 98.8 Å². The van der Waals surface area contributed by atoms with Gasteiger partial charge in [0.15, 0.2) is 0 Å². The number of thiophene rings is 6. The minimum atomic E-state index is -0.264. The van der Waals surface area contributed by atoms with Crippen molar-refractivity contribution in [2.45, 2.75) is 20.8 Å². The highest BCUT2D eigenvalue weighted by atomic mass is 32.2. The summed E-state index contributed by atoms with van der Waals surface area (Å²) in [6, 6.07) is 52.1. The molecule has 0 atom stereocenters. The van der Waals surface area contributed by atoms with Crippen LogP contribution in [0.5, 0.6) is 0 Å². The molecule has 80 heavy (non-hydrogen) atoms. The molecule has 12 rings (SSSR count). The maximum Gasteiger partial charge on any atom is 0.285 e. The first-order valence-corrected chi connectivity index (χ1v) is 35.0. The Morgan fingerprint density at radius 2 is 0.738 bits per heavy atom. The predicted molar refractivity (Wildman–Crippen MR) is 364 cm³/mol. The highest BCUT2D eigenvalue weighted by Crippen LogP contribution is 2.45. The van der Waals surface area contributed by atoms with Crippen molar-refractivity contribution in [1.29, 1.82) is 0 Å². The molecule has 0 N–H and O–H groups in total. The van der Waals surface area contributed by atoms with Gasteiger partial charge in [0.05, 0.1) is 20.2 Å². The number of aliphatic imine (C=N–C) groups is 3. The number of thioether (sulfide) groups is 5. The number of benzene rings is 3. The summed E-state index contributed by atoms with van der Waals surface area (Å²) in [6.07, 6.45) is 5.80. The van der Waals surface area contributed by atoms with E-state index in [-0.39, 0.29) is 17.7 Å². The lowest BCUT2D eigenvalue weighted by atomic mass is 10.1. The number of anilines is 3. The molecule has 9 aromatic rings. The Bertz CT molecular complexity index is 3910. The standard InChI is InChI=1S/C61H42N4O3S12/c1-4-70-59-55(69)43(56(66)62-59)31-40-19-22-47(73-40)50-28-25-44(76-50)34-7-13-37(14-8-34)65(38-15-9-35(10-16-38)45-26-29-51(77-45)48-23-20-41(74-48)32-53-57(67)63-60(79-53)71-5-2)39-17-11-36(12-18-39)46-27-30-52(78-46)49-24-21-42(75-49)33-54-58(68)64-61(80-54)72-6-3/h7-33H,4-6H2,1-3H3/b43-31-,53-32+,54-33+. The molecule has 396 valence electrons. The van der Waals surface area contributed by atoms with Crippen molar-refractivity contribution >= 4 is 211 Å². The lowest BCUT2D eigenvalue weighted by Crippen LogP contribution is -2.09. The van der Waals surface area contributed by atoms with Gasteiger partial charge < -0.3 is 4.90 Å². The van der Waals surface area contributed by atoms with Crippen LogP contribution in [-0.4, -0.2) is 53.6 Å². The summed E-state index contributed by atoms with van der Waals surface area (Å²) in [5.74, 6) is 1.99. The zero-order valence-electron chi connectivity index (χ0n) is 42.6. The van der Waals surface area contributed by atoms with Crippen LogP contribution < -0.4 is 4.90 Å². The van der Waals surface area contributed by atoms with E-state index in [2.05, 4.69) is 173 Å². The highest BCUT2D eigenvalue weighted by molar-refractivity contribution is 8.41. The van der Waals surface area contributed by atoms with Crippen molar-refractivity contribution in [3.05, 3.63) is 176 Å². The summed E-state index contributed by atoms with van der Waals surface area (Å²) < 4.78 is 1.64. The fourth-order valence-electron chi connectivity index (χ4n) is 8.66. The third kappa shape index (κ3) is 12.1. The molecule has 19 heteroatoms. The van der Waals surface area contributed by atoms with Gasteiger partial charge in [-0.2, -0.15) is 9.98 Å². The van der Waals surface area contributed by atoms with Crippen molar-refractivity contribution in [2.24, 2.45) is 15.0 Å². The molecule has 0 spiro atoms. The second-order valence-electron chi connectivity index (χ2n) is 17.6. The molecule has 3 amide bonds. The predicted octanol–water partition coefficient (Wildman–Crippen LogP) is 20.4. The molecule has 7 nitrogen and oxygen atoms in total. The Labute approximate surface area is 513 Å². The highest BCUT2D eigenvalue weighted by Gasteiger charge is 2.28. The van der Waals surface area contributed by atoms with Crippen LogP contribution >= 0.6 is 139 Å². The molecule has 6 aromatic heterocycles. The minimum absolute atomic E-state index is 0.160. The molecule has 3 aliphatic heterocycles. The van der Waals surface area contributed by atoms with Crippen LogP contribution in [0.4, 0.5) is 17.1 Å². The Morgan fingerprint density at radius 1 is 0.400 bits per heavy atom. The number of thiocarbonyl (C=S) groups is 1. The first kappa shape index (κ1) is 55.3. The second kappa shape index (κ2) is 24.7. The lowest BCUT2D eigenvalue weighted by Gasteiger charge is -2.26. The first-order chi connectivity index (χ1) is 39.1. The SMILES string of the molecule is CCSC1=NC(=O)/C(=C\c2ccc(-c3ccc(-c4ccc(N(c5ccc(-c6ccc(-c7ccc(/C=C8/SC(SCC)=NC8=O)s7)s6)cc5)c5ccc(-c6ccc(-c7ccc(/C=C8\C(=O)N=C(SCC)C8=S)s7)s6)cc5)cc4)s3)s2)S1. The van der Waals surface area contributed by atoms with Crippen LogP contribution in [0.3, 0.4) is 0 Å². The summed E-state index contributed by atoms with van der Waals surface area (Å²) in [4.78, 5) is 68.1. The molecule has 0 saturated carbocycles. The van der Waals surface area contributed by atoms with Gasteiger partial charge in [-0.1, -0.05) is 116 Å². The van der Waals surface area contributed by atoms with E-state index in [9.17, 15) is 14.4 Å². The smallest absolute Gasteiger partial charge is 0.285 e. The van der Waals surface area contributed by atoms with E-state index in [0.29, 0.717) is 25.3 Å². The summed E-state index contributed by atoms with van der Waals surface area (Å²) in [5.41, 5.74) is 6.99. The average molecular weight is 1260 g/mol. The van der Waals surface area contributed by atoms with E-state index in [1.54, 1.807) is 91.5 Å². The minimum Gasteiger partial charge on any atom is -0.311 e. The Balaban J connectivity index is 0.793. The maximum absolute atomic E-state index is 12.7. The second-order valence-corrected chi connectivity index (χ2v) is 30.9. The number of rotatable bonds is 15. The molecule has 0 bridgehead atoms. The quantitative estimate of drug-likeness (QED) is 0.0730. The maximum atomic E-state index is 12.7. The van der Waals surface area contributed by atoms with Gasteiger partial charge in [0, 0.05) is 75.6 Å². The van der Waals surface area contributed by atoms with Crippen LogP contribution in [0.15, 0.2) is 176 Å². The summed E-state index contributed by atoms with van der Waals surface area (Å²) in [7, 11) is 0. The molecule has 0 radical (unpaired) electrons. The molecule has 0 fully saturated rings. The van der Waals surface area contributed by atoms with Crippen LogP contribution in [-0.2, 0) is 14.4 Å². The normalized spacial score (nSPS) is 16.0. The van der Waals surface area contributed by atoms with Crippen LogP contribution in [0.25, 0.3) is 78.8 Å². The number of carbonyl (C=O) groups is 3. The Hall–Kier alpha value is -5.26. The summed E-state index contributed by atoms with van der Waals surface area (Å²) >= 11 is 23.5. The van der Waals surface area contributed by atoms with Crippen molar-refractivity contribution in [1.82, 2.24) is 0 Å². The molecule has 3 aliphatic rings. The lowest BCUT2D eigenvalue weighted by molar-refractivity contribution is -0.114. The van der Waals surface area contributed by atoms with Crippen molar-refractivity contribution in [2.75, 3.05) is 22.2 Å². The van der Waals surface area contributed by atoms with Crippen LogP contribution in [0.1, 0.15) is 35.4 Å². The van der Waals surface area contributed by atoms with E-state index in [1.807, 2.05) is 31.2 Å². The monoisotopic (exact) mass is 1260 g/mol. The molecule has 0 saturated heterocycles. The van der Waals surface area contributed by atoms with Crippen LogP contribution in [0.2, 0.25) is 0 Å². The average Bonchev–Trinajstić information content (AvgIpc) is 4.32. The van der Waals surface area contributed by atoms with Crippen molar-refractivity contribution in [3.63, 3.8) is 0 Å². The van der Waals surface area contributed by atoms with E-state index in [4.69, 9.17) is 12.2 Å². The molecule has 0 unspecified atom stereocenters. The van der Waals surface area contributed by atoms with Crippen molar-refractivity contribution in [3.8, 4) is 60.6 Å². The fraction of sp³-hybridized carbons (Fsp3) is 0.0984. The van der Waals surface area contributed by atoms with Gasteiger partial charge >= 0.3 is 0 Å². The Morgan fingerprint density at radius 3 is 1.11 bits per heavy atom. The van der Waals surface area contributed by atoms with Crippen LogP contribution in [0, 0.1) is 0 Å². The number of nitrogens with zero attached hydrogens (tertiary/aromatic N) is 4. The van der Waals surface area contributed by atoms with Gasteiger partial charge in [-0.3, -0.25) is 14.4 Å². The molecule has 0 aliphatic carbocycles. The molecular weight excluding hydrogens is 1220 g/mol. The fourth-order valence-corrected chi connectivity index (χ4v) is 19.8. The van der Waals surface area contributed by atoms with Crippen molar-refractivity contribution < 1.29 is 14.4 Å². The van der Waals surface area contributed by atoms with Gasteiger partial charge in [-0.25, -0.2) is 4.99 Å². The zero-order chi connectivity index (χ0) is 54.9. The molecule has 3 aromatic carbocycles. The van der Waals surface area contributed by atoms with E-state index in [1.165, 1.54) is 54.8 Å². The number of hydrogen-bond acceptors (Lipinski definition) is 16. The van der Waals surface area contributed by atoms with Gasteiger partial charge in [-0.05, 0) is 161 Å². The van der Waals surface area contributed by atoms with Gasteiger partial charge in [0.2, 0.25) is 0 Å². The largest absolute Gasteiger partial charge is 0.311 e. The Kier molecular flexibility index (Phi) is 17.1. The number of amides is 3. The van der Waals surface area contributed by atoms with Gasteiger partial charge in [0.1, 0.15) is 13.8 Å². The van der Waals surface area contributed by atoms with E-state index >= 15 is 0 Å². The summed E-state index contributed by atoms with van der Waals surface area (Å²) in [5, 5.41) is 0.640. The topological polar surface area (TPSA) is 91.5 Å². The van der Waals surface area contributed by atoms with E-state index < -0.39 is 0 Å². The molecule has 9 heterocycles. The first-order valence-electron chi connectivity index (χ1n) is 25.1. The third-order valence-electron chi connectivity index (χ3n) is 12.4. The number of hydrogen-bond donors (Lipinski definition) is 0. The van der Waals surface area contributed by atoms with Gasteiger partial charge in [-0.15, -0.1) is 79.8 Å². The number of carbonyl (C=O) groups excluding carboxylic acids is 3.